The zero-order chi connectivity index (χ0) is 24.8. The molecule has 1 aromatic rings. The fraction of sp³-hybridized carbons (Fsp3) is 0.632. The summed E-state index contributed by atoms with van der Waals surface area (Å²) in [5.74, 6) is 1.40. The minimum atomic E-state index is -1.74. The van der Waals surface area contributed by atoms with E-state index in [1.54, 1.807) is 45.0 Å². The van der Waals surface area contributed by atoms with Gasteiger partial charge in [0.25, 0.3) is 6.20 Å². The van der Waals surface area contributed by atoms with Gasteiger partial charge in [-0.1, -0.05) is 0 Å². The normalized spacial score (nSPS) is 26.1. The van der Waals surface area contributed by atoms with Crippen molar-refractivity contribution in [2.24, 2.45) is 0 Å². The highest BCUT2D eigenvalue weighted by Gasteiger charge is 2.53. The number of likely N-dealkylation sites (N-methyl/N-ethyl adjacent to an activating group) is 1. The number of carboxylic acids is 1. The number of quaternary nitrogens is 1. The molecular formula is C19H31N4O9S+. The van der Waals surface area contributed by atoms with Gasteiger partial charge in [-0.15, -0.1) is 0 Å². The number of aliphatic hydroxyl groups is 3. The number of carboxylic acid groups (broad SMARTS) is 1. The number of aliphatic hydroxyl groups excluding tert-OH is 3. The fourth-order valence-corrected chi connectivity index (χ4v) is 4.20. The topological polar surface area (TPSA) is 188 Å². The van der Waals surface area contributed by atoms with Crippen molar-refractivity contribution in [1.29, 1.82) is 0 Å². The molecule has 0 aromatic carbocycles. The van der Waals surface area contributed by atoms with Crippen molar-refractivity contribution >= 4 is 17.7 Å². The Morgan fingerprint density at radius 2 is 1.91 bits per heavy atom. The minimum Gasteiger partial charge on any atom is -0.479 e. The van der Waals surface area contributed by atoms with Crippen LogP contribution in [0.3, 0.4) is 0 Å². The van der Waals surface area contributed by atoms with E-state index in [9.17, 15) is 35.3 Å². The van der Waals surface area contributed by atoms with Gasteiger partial charge in [0.1, 0.15) is 24.5 Å². The summed E-state index contributed by atoms with van der Waals surface area (Å²) in [5, 5.41) is 55.7. The third kappa shape index (κ3) is 7.31. The smallest absolute Gasteiger partial charge is 0.335 e. The van der Waals surface area contributed by atoms with E-state index in [0.29, 0.717) is 35.4 Å². The van der Waals surface area contributed by atoms with Crippen LogP contribution in [-0.4, -0.2) is 99.9 Å². The van der Waals surface area contributed by atoms with Gasteiger partial charge < -0.3 is 40.2 Å². The van der Waals surface area contributed by atoms with E-state index in [4.69, 9.17) is 9.15 Å². The highest BCUT2D eigenvalue weighted by atomic mass is 32.2. The van der Waals surface area contributed by atoms with Crippen LogP contribution < -0.4 is 10.6 Å². The van der Waals surface area contributed by atoms with Crippen LogP contribution in [0.15, 0.2) is 28.6 Å². The zero-order valence-corrected chi connectivity index (χ0v) is 19.4. The molecule has 5 unspecified atom stereocenters. The van der Waals surface area contributed by atoms with Gasteiger partial charge in [-0.3, -0.25) is 14.6 Å². The van der Waals surface area contributed by atoms with Gasteiger partial charge in [-0.2, -0.15) is 11.8 Å². The number of thioether (sulfide) groups is 1. The molecule has 0 amide bonds. The summed E-state index contributed by atoms with van der Waals surface area (Å²) < 4.78 is 11.2. The Hall–Kier alpha value is -2.36. The van der Waals surface area contributed by atoms with E-state index in [2.05, 4.69) is 10.6 Å². The Morgan fingerprint density at radius 3 is 2.52 bits per heavy atom. The highest BCUT2D eigenvalue weighted by Crippen LogP contribution is 2.29. The van der Waals surface area contributed by atoms with Crippen molar-refractivity contribution in [2.75, 3.05) is 33.4 Å². The van der Waals surface area contributed by atoms with E-state index in [0.717, 1.165) is 6.20 Å². The number of nitro groups is 1. The fourth-order valence-electron chi connectivity index (χ4n) is 3.45. The SMILES string of the molecule is CNC(=C[N+](=O)[O-])NCCSCc1ccc(C[N+](C)(C)C2OC(C(=O)O)C(O)C(O)C2O)o1. The first kappa shape index (κ1) is 26.9. The third-order valence-corrected chi connectivity index (χ3v) is 6.09. The van der Waals surface area contributed by atoms with Crippen molar-refractivity contribution in [2.45, 2.75) is 42.9 Å². The predicted octanol–water partition coefficient (Wildman–Crippen LogP) is -1.13. The molecule has 1 saturated heterocycles. The lowest BCUT2D eigenvalue weighted by Gasteiger charge is -2.45. The molecule has 0 bridgehead atoms. The van der Waals surface area contributed by atoms with Crippen LogP contribution in [0.2, 0.25) is 0 Å². The second kappa shape index (κ2) is 11.7. The quantitative estimate of drug-likeness (QED) is 0.0894. The monoisotopic (exact) mass is 491 g/mol. The van der Waals surface area contributed by atoms with Crippen LogP contribution >= 0.6 is 11.8 Å². The van der Waals surface area contributed by atoms with Crippen LogP contribution in [0.5, 0.6) is 0 Å². The number of rotatable bonds is 12. The lowest BCUT2D eigenvalue weighted by atomic mass is 9.96. The molecule has 0 aliphatic carbocycles. The molecule has 14 heteroatoms. The lowest BCUT2D eigenvalue weighted by Crippen LogP contribution is -2.67. The number of hydrogen-bond donors (Lipinski definition) is 6. The molecule has 1 aliphatic rings. The van der Waals surface area contributed by atoms with E-state index < -0.39 is 41.5 Å². The first-order valence-electron chi connectivity index (χ1n) is 10.1. The molecule has 2 rings (SSSR count). The Morgan fingerprint density at radius 1 is 1.24 bits per heavy atom. The largest absolute Gasteiger partial charge is 0.479 e. The second-order valence-corrected chi connectivity index (χ2v) is 9.22. The van der Waals surface area contributed by atoms with E-state index in [1.165, 1.54) is 0 Å². The van der Waals surface area contributed by atoms with Crippen LogP contribution in [0, 0.1) is 10.1 Å². The standard InChI is InChI=1S/C19H30N4O9S/c1-20-13(8-22(29)30)21-6-7-33-10-12-5-4-11(31-12)9-23(2,3)18-16(26)14(24)15(25)17(32-18)19(27)28/h4-5,8,14-18,20-21,24-26H,6-7,9-10H2,1-3H3/p+1. The minimum absolute atomic E-state index is 0.0473. The average molecular weight is 492 g/mol. The maximum absolute atomic E-state index is 11.4. The van der Waals surface area contributed by atoms with Crippen molar-refractivity contribution < 1.29 is 43.8 Å². The van der Waals surface area contributed by atoms with Gasteiger partial charge >= 0.3 is 5.97 Å². The predicted molar refractivity (Wildman–Crippen MR) is 117 cm³/mol. The molecule has 1 aliphatic heterocycles. The molecule has 186 valence electrons. The van der Waals surface area contributed by atoms with E-state index in [1.807, 2.05) is 0 Å². The molecule has 0 saturated carbocycles. The summed E-state index contributed by atoms with van der Waals surface area (Å²) in [5.41, 5.74) is 0. The summed E-state index contributed by atoms with van der Waals surface area (Å²) in [6.07, 6.45) is -6.80. The third-order valence-electron chi connectivity index (χ3n) is 5.11. The van der Waals surface area contributed by atoms with Gasteiger partial charge in [-0.25, -0.2) is 4.79 Å². The first-order valence-corrected chi connectivity index (χ1v) is 11.3. The van der Waals surface area contributed by atoms with Gasteiger partial charge in [-0.05, 0) is 12.1 Å². The van der Waals surface area contributed by atoms with Gasteiger partial charge in [0.2, 0.25) is 6.23 Å². The van der Waals surface area contributed by atoms with Gasteiger partial charge in [0.05, 0.1) is 24.8 Å². The first-order chi connectivity index (χ1) is 15.5. The van der Waals surface area contributed by atoms with E-state index in [-0.39, 0.29) is 11.0 Å². The summed E-state index contributed by atoms with van der Waals surface area (Å²) in [4.78, 5) is 21.3. The molecule has 0 spiro atoms. The Kier molecular flexibility index (Phi) is 9.51. The van der Waals surface area contributed by atoms with Crippen LogP contribution in [0.25, 0.3) is 0 Å². The van der Waals surface area contributed by atoms with E-state index >= 15 is 0 Å². The molecule has 33 heavy (non-hydrogen) atoms. The summed E-state index contributed by atoms with van der Waals surface area (Å²) in [6.45, 7) is 0.749. The number of ether oxygens (including phenoxy) is 1. The Bertz CT molecular complexity index is 847. The molecule has 13 nitrogen and oxygen atoms in total. The maximum Gasteiger partial charge on any atom is 0.335 e. The number of nitrogens with zero attached hydrogens (tertiary/aromatic N) is 2. The van der Waals surface area contributed by atoms with Crippen LogP contribution in [0.4, 0.5) is 0 Å². The van der Waals surface area contributed by atoms with Crippen LogP contribution in [0.1, 0.15) is 11.5 Å². The molecule has 2 heterocycles. The van der Waals surface area contributed by atoms with Gasteiger partial charge in [0.15, 0.2) is 23.8 Å². The van der Waals surface area contributed by atoms with Crippen molar-refractivity contribution in [3.63, 3.8) is 0 Å². The molecule has 5 atom stereocenters. The van der Waals surface area contributed by atoms with Crippen LogP contribution in [-0.2, 0) is 21.8 Å². The summed E-state index contributed by atoms with van der Waals surface area (Å²) in [7, 11) is 4.97. The molecule has 1 aromatic heterocycles. The molecule has 6 N–H and O–H groups in total. The van der Waals surface area contributed by atoms with Gasteiger partial charge in [0, 0.05) is 19.3 Å². The molecule has 0 radical (unpaired) electrons. The Labute approximate surface area is 194 Å². The molecular weight excluding hydrogens is 460 g/mol. The van der Waals surface area contributed by atoms with Crippen molar-refractivity contribution in [3.8, 4) is 0 Å². The highest BCUT2D eigenvalue weighted by molar-refractivity contribution is 7.98. The number of carbonyl (C=O) groups is 1. The maximum atomic E-state index is 11.4. The van der Waals surface area contributed by atoms with Crippen molar-refractivity contribution in [1.82, 2.24) is 10.6 Å². The summed E-state index contributed by atoms with van der Waals surface area (Å²) in [6, 6.07) is 3.57. The van der Waals surface area contributed by atoms with Crippen molar-refractivity contribution in [3.05, 3.63) is 45.8 Å². The lowest BCUT2D eigenvalue weighted by molar-refractivity contribution is -0.957. The zero-order valence-electron chi connectivity index (χ0n) is 18.6. The average Bonchev–Trinajstić information content (AvgIpc) is 3.16. The number of furan rings is 1. The number of aliphatic carboxylic acids is 1. The molecule has 1 fully saturated rings. The Balaban J connectivity index is 1.89. The summed E-state index contributed by atoms with van der Waals surface area (Å²) >= 11 is 1.56. The second-order valence-electron chi connectivity index (χ2n) is 8.12. The number of nitrogens with one attached hydrogen (secondary N) is 2. The number of hydrogen-bond acceptors (Lipinski definition) is 11.